The Hall–Kier alpha value is -2.11. The number of hydrogen-bond acceptors (Lipinski definition) is 6. The minimum atomic E-state index is -1.79. The van der Waals surface area contributed by atoms with Crippen LogP contribution in [0.4, 0.5) is 0 Å². The first-order valence-corrected chi connectivity index (χ1v) is 4.79. The van der Waals surface area contributed by atoms with Crippen LogP contribution in [-0.4, -0.2) is 10.7 Å². The minimum Gasteiger partial charge on any atom is -0.599 e. The van der Waals surface area contributed by atoms with Crippen LogP contribution in [0.5, 0.6) is 0 Å². The van der Waals surface area contributed by atoms with Crippen LogP contribution in [0.3, 0.4) is 0 Å². The highest BCUT2D eigenvalue weighted by molar-refractivity contribution is 5.53. The number of rotatable bonds is 1. The van der Waals surface area contributed by atoms with Gasteiger partial charge in [0.15, 0.2) is 11.0 Å². The first-order chi connectivity index (χ1) is 7.82. The Labute approximate surface area is 98.1 Å². The number of nitriles is 3. The Balaban J connectivity index is 3.64. The Morgan fingerprint density at radius 2 is 1.88 bits per heavy atom. The molecule has 0 aromatic carbocycles. The van der Waals surface area contributed by atoms with Gasteiger partial charge in [0.25, 0.3) is 0 Å². The number of hydrogen-bond donors (Lipinski definition) is 3. The third-order valence-electron chi connectivity index (χ3n) is 3.65. The molecule has 0 spiro atoms. The van der Waals surface area contributed by atoms with E-state index in [0.29, 0.717) is 0 Å². The molecule has 0 bridgehead atoms. The summed E-state index contributed by atoms with van der Waals surface area (Å²) in [4.78, 5) is 0. The summed E-state index contributed by atoms with van der Waals surface area (Å²) in [6.07, 6.45) is 0. The summed E-state index contributed by atoms with van der Waals surface area (Å²) in [5.74, 6) is -0.892. The summed E-state index contributed by atoms with van der Waals surface area (Å²) in [6, 6.07) is 5.16. The van der Waals surface area contributed by atoms with Crippen molar-refractivity contribution in [3.05, 3.63) is 16.5 Å². The molecule has 3 atom stereocenters. The van der Waals surface area contributed by atoms with Crippen LogP contribution >= 0.6 is 0 Å². The van der Waals surface area contributed by atoms with E-state index in [1.807, 2.05) is 0 Å². The van der Waals surface area contributed by atoms with Crippen molar-refractivity contribution in [1.29, 1.82) is 15.8 Å². The Morgan fingerprint density at radius 3 is 2.12 bits per heavy atom. The molecule has 1 aliphatic carbocycles. The van der Waals surface area contributed by atoms with E-state index >= 15 is 0 Å². The first kappa shape index (κ1) is 13.0. The zero-order chi connectivity index (χ0) is 13.4. The number of quaternary nitrogens is 1. The second-order valence-electron chi connectivity index (χ2n) is 4.16. The van der Waals surface area contributed by atoms with E-state index in [9.17, 15) is 10.4 Å². The van der Waals surface area contributed by atoms with Gasteiger partial charge >= 0.3 is 0 Å². The standard InChI is InChI=1S/C10H11N5O2/c1-6-9(2,15(16)17)8(14)7(3-11)10(6,4-12)5-13/h6,15-16H,14H2,1-2H3. The average Bonchev–Trinajstić information content (AvgIpc) is 2.48. The van der Waals surface area contributed by atoms with Gasteiger partial charge in [0.2, 0.25) is 0 Å². The fourth-order valence-electron chi connectivity index (χ4n) is 2.13. The lowest BCUT2D eigenvalue weighted by Gasteiger charge is -2.37. The van der Waals surface area contributed by atoms with E-state index in [1.165, 1.54) is 13.8 Å². The smallest absolute Gasteiger partial charge is 0.189 e. The molecule has 88 valence electrons. The predicted octanol–water partition coefficient (Wildman–Crippen LogP) is -1.06. The zero-order valence-corrected chi connectivity index (χ0v) is 9.35. The van der Waals surface area contributed by atoms with Crippen molar-refractivity contribution in [3.8, 4) is 18.2 Å². The molecule has 7 nitrogen and oxygen atoms in total. The highest BCUT2D eigenvalue weighted by Crippen LogP contribution is 2.48. The molecule has 4 N–H and O–H groups in total. The van der Waals surface area contributed by atoms with Crippen LogP contribution in [0.1, 0.15) is 13.8 Å². The van der Waals surface area contributed by atoms with Crippen LogP contribution in [-0.2, 0) is 0 Å². The molecule has 3 unspecified atom stereocenters. The number of nitrogens with two attached hydrogens (primary N) is 1. The highest BCUT2D eigenvalue weighted by Gasteiger charge is 2.63. The average molecular weight is 233 g/mol. The van der Waals surface area contributed by atoms with Gasteiger partial charge in [-0.3, -0.25) is 0 Å². The third-order valence-corrected chi connectivity index (χ3v) is 3.65. The van der Waals surface area contributed by atoms with Crippen LogP contribution in [0.15, 0.2) is 11.3 Å². The van der Waals surface area contributed by atoms with Crippen molar-refractivity contribution in [2.45, 2.75) is 19.4 Å². The fourth-order valence-corrected chi connectivity index (χ4v) is 2.13. The third kappa shape index (κ3) is 1.23. The molecule has 0 saturated heterocycles. The maximum absolute atomic E-state index is 11.3. The van der Waals surface area contributed by atoms with Gasteiger partial charge in [0.1, 0.15) is 0 Å². The van der Waals surface area contributed by atoms with E-state index in [0.717, 1.165) is 0 Å². The molecule has 0 aromatic heterocycles. The Morgan fingerprint density at radius 1 is 1.41 bits per heavy atom. The number of nitrogens with zero attached hydrogens (tertiary/aromatic N) is 3. The van der Waals surface area contributed by atoms with Gasteiger partial charge in [0.05, 0.1) is 35.4 Å². The Kier molecular flexibility index (Phi) is 2.84. The van der Waals surface area contributed by atoms with Crippen molar-refractivity contribution < 1.29 is 10.4 Å². The lowest BCUT2D eigenvalue weighted by Crippen LogP contribution is -3.15. The maximum Gasteiger partial charge on any atom is 0.189 e. The van der Waals surface area contributed by atoms with E-state index in [1.54, 1.807) is 18.2 Å². The first-order valence-electron chi connectivity index (χ1n) is 4.79. The van der Waals surface area contributed by atoms with E-state index in [2.05, 4.69) is 0 Å². The fraction of sp³-hybridized carbons (Fsp3) is 0.500. The van der Waals surface area contributed by atoms with Gasteiger partial charge in [-0.25, -0.2) is 10.4 Å². The zero-order valence-electron chi connectivity index (χ0n) is 9.35. The molecule has 0 heterocycles. The molecule has 0 fully saturated rings. The second-order valence-corrected chi connectivity index (χ2v) is 4.16. The summed E-state index contributed by atoms with van der Waals surface area (Å²) < 4.78 is 0. The van der Waals surface area contributed by atoms with Crippen LogP contribution < -0.4 is 11.0 Å². The molecule has 0 aromatic rings. The molecule has 0 aliphatic heterocycles. The molecule has 0 saturated carbocycles. The monoisotopic (exact) mass is 233 g/mol. The van der Waals surface area contributed by atoms with Crippen LogP contribution in [0.25, 0.3) is 0 Å². The molecule has 0 amide bonds. The van der Waals surface area contributed by atoms with Crippen LogP contribution in [0, 0.1) is 50.5 Å². The summed E-state index contributed by atoms with van der Waals surface area (Å²) in [5.41, 5.74) is 1.85. The maximum atomic E-state index is 11.3. The number of allylic oxidation sites excluding steroid dienone is 1. The predicted molar refractivity (Wildman–Crippen MR) is 54.2 cm³/mol. The highest BCUT2D eigenvalue weighted by atomic mass is 16.8. The molecule has 0 radical (unpaired) electrons. The normalized spacial score (nSPS) is 32.4. The van der Waals surface area contributed by atoms with E-state index in [4.69, 9.17) is 21.5 Å². The van der Waals surface area contributed by atoms with Gasteiger partial charge in [0, 0.05) is 6.92 Å². The lowest BCUT2D eigenvalue weighted by molar-refractivity contribution is -1.09. The second kappa shape index (κ2) is 3.73. The molecule has 7 heteroatoms. The van der Waals surface area contributed by atoms with Gasteiger partial charge in [-0.05, 0) is 0 Å². The summed E-state index contributed by atoms with van der Waals surface area (Å²) in [5, 5.41) is 46.5. The molecular weight excluding hydrogens is 222 g/mol. The topological polar surface area (TPSA) is 145 Å². The largest absolute Gasteiger partial charge is 0.599 e. The lowest BCUT2D eigenvalue weighted by atomic mass is 9.73. The van der Waals surface area contributed by atoms with Gasteiger partial charge in [-0.2, -0.15) is 15.8 Å². The molecule has 1 rings (SSSR count). The van der Waals surface area contributed by atoms with E-state index < -0.39 is 22.1 Å². The summed E-state index contributed by atoms with van der Waals surface area (Å²) in [6.45, 7) is 2.76. The SMILES string of the molecule is CC1C(C#N)(C#N)C(C#N)=C(N)C1(C)[NH+]([O-])O. The Bertz CT molecular complexity index is 490. The van der Waals surface area contributed by atoms with Gasteiger partial charge in [-0.1, -0.05) is 6.92 Å². The minimum absolute atomic E-state index is 0.205. The van der Waals surface area contributed by atoms with Crippen LogP contribution in [0.2, 0.25) is 0 Å². The van der Waals surface area contributed by atoms with Crippen molar-refractivity contribution in [2.24, 2.45) is 17.1 Å². The summed E-state index contributed by atoms with van der Waals surface area (Å²) in [7, 11) is 0. The molecule has 17 heavy (non-hydrogen) atoms. The number of nitrogens with one attached hydrogen (secondary N) is 1. The van der Waals surface area contributed by atoms with Crippen molar-refractivity contribution in [1.82, 2.24) is 0 Å². The van der Waals surface area contributed by atoms with Crippen molar-refractivity contribution in [2.75, 3.05) is 0 Å². The van der Waals surface area contributed by atoms with Crippen molar-refractivity contribution in [3.63, 3.8) is 0 Å². The van der Waals surface area contributed by atoms with Crippen molar-refractivity contribution >= 4 is 0 Å². The van der Waals surface area contributed by atoms with Gasteiger partial charge < -0.3 is 10.9 Å². The summed E-state index contributed by atoms with van der Waals surface area (Å²) >= 11 is 0. The molecular formula is C10H11N5O2. The molecule has 1 aliphatic rings. The number of hydroxylamine groups is 2. The quantitative estimate of drug-likeness (QED) is 0.492. The van der Waals surface area contributed by atoms with E-state index in [-0.39, 0.29) is 11.3 Å². The van der Waals surface area contributed by atoms with Gasteiger partial charge in [-0.15, -0.1) is 0 Å².